The van der Waals surface area contributed by atoms with Crippen LogP contribution in [0.1, 0.15) is 26.0 Å². The molecule has 3 N–H and O–H groups in total. The van der Waals surface area contributed by atoms with E-state index in [1.807, 2.05) is 12.1 Å². The zero-order valence-electron chi connectivity index (χ0n) is 11.0. The van der Waals surface area contributed by atoms with Crippen LogP contribution in [0.15, 0.2) is 22.8 Å². The third-order valence-corrected chi connectivity index (χ3v) is 3.50. The number of nitrogens with zero attached hydrogens (tertiary/aromatic N) is 1. The lowest BCUT2D eigenvalue weighted by atomic mass is 9.94. The van der Waals surface area contributed by atoms with Gasteiger partial charge in [0.25, 0.3) is 0 Å². The van der Waals surface area contributed by atoms with Gasteiger partial charge in [-0.05, 0) is 38.9 Å². The lowest BCUT2D eigenvalue weighted by molar-refractivity contribution is -0.135. The van der Waals surface area contributed by atoms with Crippen molar-refractivity contribution in [3.63, 3.8) is 0 Å². The van der Waals surface area contributed by atoms with Crippen LogP contribution in [0.2, 0.25) is 0 Å². The van der Waals surface area contributed by atoms with Gasteiger partial charge in [-0.1, -0.05) is 0 Å². The van der Waals surface area contributed by atoms with Gasteiger partial charge in [-0.2, -0.15) is 0 Å². The van der Waals surface area contributed by atoms with Crippen molar-refractivity contribution in [1.29, 1.82) is 0 Å². The summed E-state index contributed by atoms with van der Waals surface area (Å²) in [6, 6.07) is 3.62. The van der Waals surface area contributed by atoms with Crippen LogP contribution in [0.5, 0.6) is 0 Å². The number of rotatable bonds is 4. The average molecular weight is 251 g/mol. The molecule has 5 nitrogen and oxygen atoms in total. The first-order valence-corrected chi connectivity index (χ1v) is 6.31. The van der Waals surface area contributed by atoms with Gasteiger partial charge in [0, 0.05) is 12.1 Å². The lowest BCUT2D eigenvalue weighted by Gasteiger charge is -2.46. The molecule has 0 aliphatic carbocycles. The summed E-state index contributed by atoms with van der Waals surface area (Å²) in [5, 5.41) is 2.95. The second-order valence-electron chi connectivity index (χ2n) is 5.33. The molecule has 0 aromatic carbocycles. The quantitative estimate of drug-likeness (QED) is 0.826. The van der Waals surface area contributed by atoms with Crippen LogP contribution in [-0.2, 0) is 11.3 Å². The summed E-state index contributed by atoms with van der Waals surface area (Å²) in [6.07, 6.45) is 2.32. The Labute approximate surface area is 107 Å². The minimum atomic E-state index is -0.177. The van der Waals surface area contributed by atoms with Crippen LogP contribution in [-0.4, -0.2) is 35.5 Å². The number of amides is 1. The predicted molar refractivity (Wildman–Crippen MR) is 68.8 cm³/mol. The number of nitrogens with one attached hydrogen (secondary N) is 1. The molecule has 1 aromatic heterocycles. The Morgan fingerprint density at radius 3 is 3.00 bits per heavy atom. The largest absolute Gasteiger partial charge is 0.468 e. The van der Waals surface area contributed by atoms with Crippen molar-refractivity contribution in [2.45, 2.75) is 38.4 Å². The number of carbonyl (C=O) groups excluding carboxylic acids is 1. The maximum atomic E-state index is 12.0. The summed E-state index contributed by atoms with van der Waals surface area (Å²) < 4.78 is 5.39. The van der Waals surface area contributed by atoms with Crippen LogP contribution >= 0.6 is 0 Å². The Morgan fingerprint density at radius 1 is 1.61 bits per heavy atom. The monoisotopic (exact) mass is 251 g/mol. The fraction of sp³-hybridized carbons (Fsp3) is 0.615. The van der Waals surface area contributed by atoms with Crippen LogP contribution in [0.25, 0.3) is 0 Å². The van der Waals surface area contributed by atoms with Gasteiger partial charge in [-0.3, -0.25) is 9.69 Å². The molecule has 2 rings (SSSR count). The SMILES string of the molecule is CC1(C)CNC(=O)C(CCN)N1Cc1ccco1. The van der Waals surface area contributed by atoms with Crippen molar-refractivity contribution in [3.8, 4) is 0 Å². The standard InChI is InChI=1S/C13H21N3O2/c1-13(2)9-15-12(17)11(5-6-14)16(13)8-10-4-3-7-18-10/h3-4,7,11H,5-6,8-9,14H2,1-2H3,(H,15,17). The van der Waals surface area contributed by atoms with Gasteiger partial charge in [0.1, 0.15) is 5.76 Å². The molecular weight excluding hydrogens is 230 g/mol. The Kier molecular flexibility index (Phi) is 3.73. The van der Waals surface area contributed by atoms with E-state index in [4.69, 9.17) is 10.2 Å². The number of hydrogen-bond acceptors (Lipinski definition) is 4. The summed E-state index contributed by atoms with van der Waals surface area (Å²) in [5.74, 6) is 0.936. The highest BCUT2D eigenvalue weighted by Gasteiger charge is 2.40. The van der Waals surface area contributed by atoms with Gasteiger partial charge in [0.15, 0.2) is 0 Å². The van der Waals surface area contributed by atoms with E-state index in [2.05, 4.69) is 24.1 Å². The van der Waals surface area contributed by atoms with Crippen molar-refractivity contribution < 1.29 is 9.21 Å². The van der Waals surface area contributed by atoms with E-state index >= 15 is 0 Å². The van der Waals surface area contributed by atoms with E-state index in [-0.39, 0.29) is 17.5 Å². The Morgan fingerprint density at radius 2 is 2.39 bits per heavy atom. The van der Waals surface area contributed by atoms with Gasteiger partial charge in [0.2, 0.25) is 5.91 Å². The molecule has 0 radical (unpaired) electrons. The summed E-state index contributed by atoms with van der Waals surface area (Å²) in [5.41, 5.74) is 5.52. The van der Waals surface area contributed by atoms with E-state index in [9.17, 15) is 4.79 Å². The zero-order chi connectivity index (χ0) is 13.2. The normalized spacial score (nSPS) is 23.9. The second-order valence-corrected chi connectivity index (χ2v) is 5.33. The van der Waals surface area contributed by atoms with Crippen LogP contribution < -0.4 is 11.1 Å². The maximum Gasteiger partial charge on any atom is 0.237 e. The molecule has 1 saturated heterocycles. The first kappa shape index (κ1) is 13.1. The van der Waals surface area contributed by atoms with E-state index in [1.54, 1.807) is 6.26 Å². The first-order valence-electron chi connectivity index (χ1n) is 6.31. The maximum absolute atomic E-state index is 12.0. The van der Waals surface area contributed by atoms with Gasteiger partial charge >= 0.3 is 0 Å². The molecule has 1 amide bonds. The van der Waals surface area contributed by atoms with Crippen molar-refractivity contribution in [2.24, 2.45) is 5.73 Å². The highest BCUT2D eigenvalue weighted by Crippen LogP contribution is 2.25. The zero-order valence-corrected chi connectivity index (χ0v) is 11.0. The minimum absolute atomic E-state index is 0.0614. The molecule has 0 saturated carbocycles. The summed E-state index contributed by atoms with van der Waals surface area (Å²) in [4.78, 5) is 14.2. The van der Waals surface area contributed by atoms with E-state index in [1.165, 1.54) is 0 Å². The molecule has 0 bridgehead atoms. The Hall–Kier alpha value is -1.33. The highest BCUT2D eigenvalue weighted by atomic mass is 16.3. The van der Waals surface area contributed by atoms with Gasteiger partial charge < -0.3 is 15.5 Å². The minimum Gasteiger partial charge on any atom is -0.468 e. The lowest BCUT2D eigenvalue weighted by Crippen LogP contribution is -2.65. The van der Waals surface area contributed by atoms with Crippen molar-refractivity contribution in [1.82, 2.24) is 10.2 Å². The molecule has 1 aromatic rings. The fourth-order valence-electron chi connectivity index (χ4n) is 2.43. The molecule has 0 spiro atoms. The van der Waals surface area contributed by atoms with Gasteiger partial charge in [0.05, 0.1) is 18.8 Å². The first-order chi connectivity index (χ1) is 8.54. The topological polar surface area (TPSA) is 71.5 Å². The van der Waals surface area contributed by atoms with Gasteiger partial charge in [-0.15, -0.1) is 0 Å². The summed E-state index contributed by atoms with van der Waals surface area (Å²) in [7, 11) is 0. The van der Waals surface area contributed by atoms with Crippen molar-refractivity contribution >= 4 is 5.91 Å². The molecule has 1 unspecified atom stereocenters. The van der Waals surface area contributed by atoms with E-state index in [0.29, 0.717) is 26.1 Å². The number of furan rings is 1. The molecule has 1 aliphatic rings. The third kappa shape index (κ3) is 2.57. The van der Waals surface area contributed by atoms with Crippen LogP contribution in [0, 0.1) is 0 Å². The molecule has 100 valence electrons. The van der Waals surface area contributed by atoms with E-state index < -0.39 is 0 Å². The van der Waals surface area contributed by atoms with Crippen molar-refractivity contribution in [3.05, 3.63) is 24.2 Å². The van der Waals surface area contributed by atoms with Crippen LogP contribution in [0.3, 0.4) is 0 Å². The third-order valence-electron chi connectivity index (χ3n) is 3.50. The molecule has 1 aliphatic heterocycles. The second kappa shape index (κ2) is 5.12. The summed E-state index contributed by atoms with van der Waals surface area (Å²) in [6.45, 7) is 6.03. The van der Waals surface area contributed by atoms with Crippen LogP contribution in [0.4, 0.5) is 0 Å². The predicted octanol–water partition coefficient (Wildman–Crippen LogP) is 0.707. The van der Waals surface area contributed by atoms with Crippen molar-refractivity contribution in [2.75, 3.05) is 13.1 Å². The fourth-order valence-corrected chi connectivity index (χ4v) is 2.43. The summed E-state index contributed by atoms with van der Waals surface area (Å²) >= 11 is 0. The molecule has 5 heteroatoms. The number of nitrogens with two attached hydrogens (primary N) is 1. The molecule has 1 atom stereocenters. The van der Waals surface area contributed by atoms with E-state index in [0.717, 1.165) is 5.76 Å². The molecule has 18 heavy (non-hydrogen) atoms. The number of hydrogen-bond donors (Lipinski definition) is 2. The molecule has 2 heterocycles. The average Bonchev–Trinajstić information content (AvgIpc) is 2.82. The Balaban J connectivity index is 2.20. The molecular formula is C13H21N3O2. The Bertz CT molecular complexity index is 400. The number of carbonyl (C=O) groups is 1. The highest BCUT2D eigenvalue weighted by molar-refractivity contribution is 5.82. The van der Waals surface area contributed by atoms with Gasteiger partial charge in [-0.25, -0.2) is 0 Å². The smallest absolute Gasteiger partial charge is 0.237 e. The molecule has 1 fully saturated rings. The number of piperazine rings is 1.